The summed E-state index contributed by atoms with van der Waals surface area (Å²) in [6.45, 7) is 2.25. The van der Waals surface area contributed by atoms with Crippen LogP contribution in [0.1, 0.15) is 6.92 Å². The molecular weight excluding hydrogens is 288 g/mol. The fraction of sp³-hybridized carbons (Fsp3) is 0.214. The van der Waals surface area contributed by atoms with E-state index in [-0.39, 0.29) is 6.79 Å². The third-order valence-corrected chi connectivity index (χ3v) is 2.82. The molecule has 1 aromatic heterocycles. The van der Waals surface area contributed by atoms with E-state index in [4.69, 9.17) is 14.2 Å². The van der Waals surface area contributed by atoms with Crippen molar-refractivity contribution in [2.24, 2.45) is 0 Å². The Bertz CT molecular complexity index is 675. The fourth-order valence-corrected chi connectivity index (χ4v) is 1.86. The zero-order chi connectivity index (χ0) is 15.4. The second-order valence-corrected chi connectivity index (χ2v) is 4.34. The van der Waals surface area contributed by atoms with Gasteiger partial charge in [-0.1, -0.05) is 0 Å². The van der Waals surface area contributed by atoms with Crippen molar-refractivity contribution in [3.8, 4) is 11.5 Å². The smallest absolute Gasteiger partial charge is 0.412 e. The minimum atomic E-state index is -0.562. The summed E-state index contributed by atoms with van der Waals surface area (Å²) in [5.41, 5.74) is 0.796. The molecule has 0 fully saturated rings. The summed E-state index contributed by atoms with van der Waals surface area (Å²) in [7, 11) is 0. The number of benzene rings is 1. The molecule has 0 saturated carbocycles. The summed E-state index contributed by atoms with van der Waals surface area (Å²) in [6, 6.07) is 8.79. The van der Waals surface area contributed by atoms with Gasteiger partial charge in [-0.05, 0) is 31.2 Å². The summed E-state index contributed by atoms with van der Waals surface area (Å²) in [4.78, 5) is 11.3. The Morgan fingerprint density at radius 2 is 1.95 bits per heavy atom. The Hall–Kier alpha value is -3.03. The lowest BCUT2D eigenvalue weighted by atomic mass is 10.3. The van der Waals surface area contributed by atoms with Gasteiger partial charge in [0, 0.05) is 11.8 Å². The van der Waals surface area contributed by atoms with Crippen molar-refractivity contribution in [2.45, 2.75) is 6.92 Å². The van der Waals surface area contributed by atoms with E-state index in [0.717, 1.165) is 5.69 Å². The highest BCUT2D eigenvalue weighted by atomic mass is 16.7. The molecule has 8 heteroatoms. The number of nitrogens with one attached hydrogen (secondary N) is 2. The zero-order valence-corrected chi connectivity index (χ0v) is 11.8. The highest BCUT2D eigenvalue weighted by Gasteiger charge is 2.13. The summed E-state index contributed by atoms with van der Waals surface area (Å²) >= 11 is 0. The quantitative estimate of drug-likeness (QED) is 0.896. The molecule has 0 radical (unpaired) electrons. The number of anilines is 3. The minimum Gasteiger partial charge on any atom is -0.454 e. The van der Waals surface area contributed by atoms with E-state index < -0.39 is 6.09 Å². The Balaban J connectivity index is 1.64. The molecular formula is C14H14N4O4. The molecule has 22 heavy (non-hydrogen) atoms. The molecule has 0 atom stereocenters. The molecule has 2 aromatic rings. The minimum absolute atomic E-state index is 0.229. The molecule has 114 valence electrons. The highest BCUT2D eigenvalue weighted by Crippen LogP contribution is 2.34. The van der Waals surface area contributed by atoms with E-state index in [1.807, 2.05) is 18.2 Å². The van der Waals surface area contributed by atoms with Crippen LogP contribution in [0.3, 0.4) is 0 Å². The van der Waals surface area contributed by atoms with Gasteiger partial charge in [-0.15, -0.1) is 10.2 Å². The van der Waals surface area contributed by atoms with Gasteiger partial charge in [0.25, 0.3) is 0 Å². The van der Waals surface area contributed by atoms with Gasteiger partial charge in [-0.3, -0.25) is 5.32 Å². The molecule has 3 rings (SSSR count). The lowest BCUT2D eigenvalue weighted by molar-refractivity contribution is 0.167. The summed E-state index contributed by atoms with van der Waals surface area (Å²) in [6.07, 6.45) is -0.562. The predicted molar refractivity (Wildman–Crippen MR) is 78.5 cm³/mol. The van der Waals surface area contributed by atoms with Crippen LogP contribution in [0, 0.1) is 0 Å². The number of hydrogen-bond donors (Lipinski definition) is 2. The molecule has 0 saturated heterocycles. The maximum atomic E-state index is 11.3. The fourth-order valence-electron chi connectivity index (χ4n) is 1.86. The van der Waals surface area contributed by atoms with E-state index in [2.05, 4.69) is 20.8 Å². The first kappa shape index (κ1) is 13.9. The monoisotopic (exact) mass is 302 g/mol. The normalized spacial score (nSPS) is 11.9. The van der Waals surface area contributed by atoms with Crippen LogP contribution in [0.2, 0.25) is 0 Å². The number of ether oxygens (including phenoxy) is 3. The molecule has 2 N–H and O–H groups in total. The molecule has 1 aliphatic heterocycles. The average Bonchev–Trinajstić information content (AvgIpc) is 2.97. The van der Waals surface area contributed by atoms with Crippen molar-refractivity contribution >= 4 is 23.4 Å². The van der Waals surface area contributed by atoms with Crippen LogP contribution in [0.25, 0.3) is 0 Å². The van der Waals surface area contributed by atoms with Crippen LogP contribution in [0.15, 0.2) is 30.3 Å². The van der Waals surface area contributed by atoms with Crippen LogP contribution in [0.5, 0.6) is 11.5 Å². The van der Waals surface area contributed by atoms with Crippen LogP contribution in [-0.2, 0) is 4.74 Å². The van der Waals surface area contributed by atoms with Crippen molar-refractivity contribution in [1.29, 1.82) is 0 Å². The molecule has 2 heterocycles. The highest BCUT2D eigenvalue weighted by molar-refractivity contribution is 5.83. The van der Waals surface area contributed by atoms with Gasteiger partial charge in [0.05, 0.1) is 6.61 Å². The van der Waals surface area contributed by atoms with E-state index in [0.29, 0.717) is 29.7 Å². The predicted octanol–water partition coefficient (Wildman–Crippen LogP) is 2.52. The van der Waals surface area contributed by atoms with Gasteiger partial charge in [0.1, 0.15) is 0 Å². The van der Waals surface area contributed by atoms with Crippen molar-refractivity contribution in [3.63, 3.8) is 0 Å². The topological polar surface area (TPSA) is 94.6 Å². The lowest BCUT2D eigenvalue weighted by Gasteiger charge is -2.07. The van der Waals surface area contributed by atoms with E-state index >= 15 is 0 Å². The largest absolute Gasteiger partial charge is 0.454 e. The Morgan fingerprint density at radius 1 is 1.18 bits per heavy atom. The molecule has 1 aromatic carbocycles. The first-order valence-corrected chi connectivity index (χ1v) is 6.69. The molecule has 0 aliphatic carbocycles. The van der Waals surface area contributed by atoms with E-state index in [9.17, 15) is 4.79 Å². The molecule has 8 nitrogen and oxygen atoms in total. The standard InChI is InChI=1S/C14H14N4O4/c1-2-20-14(19)16-13-6-5-12(17-18-13)15-9-3-4-10-11(7-9)22-8-21-10/h3-7H,2,8H2,1H3,(H,15,17)(H,16,18,19). The summed E-state index contributed by atoms with van der Waals surface area (Å²) < 4.78 is 15.3. The third kappa shape index (κ3) is 3.17. The maximum absolute atomic E-state index is 11.3. The van der Waals surface area contributed by atoms with E-state index in [1.54, 1.807) is 19.1 Å². The van der Waals surface area contributed by atoms with Gasteiger partial charge in [-0.25, -0.2) is 4.79 Å². The number of nitrogens with zero attached hydrogens (tertiary/aromatic N) is 2. The molecule has 0 bridgehead atoms. The Kier molecular flexibility index (Phi) is 3.90. The van der Waals surface area contributed by atoms with Crippen LogP contribution in [0.4, 0.5) is 22.1 Å². The SMILES string of the molecule is CCOC(=O)Nc1ccc(Nc2ccc3c(c2)OCO3)nn1. The van der Waals surface area contributed by atoms with Gasteiger partial charge in [-0.2, -0.15) is 0 Å². The van der Waals surface area contributed by atoms with Gasteiger partial charge in [0.2, 0.25) is 6.79 Å². The van der Waals surface area contributed by atoms with Crippen molar-refractivity contribution in [2.75, 3.05) is 24.0 Å². The number of carbonyl (C=O) groups is 1. The summed E-state index contributed by atoms with van der Waals surface area (Å²) in [5, 5.41) is 13.4. The second-order valence-electron chi connectivity index (χ2n) is 4.34. The first-order valence-electron chi connectivity index (χ1n) is 6.69. The number of amides is 1. The van der Waals surface area contributed by atoms with Crippen molar-refractivity contribution < 1.29 is 19.0 Å². The Morgan fingerprint density at radius 3 is 2.73 bits per heavy atom. The zero-order valence-electron chi connectivity index (χ0n) is 11.8. The number of hydrogen-bond acceptors (Lipinski definition) is 7. The maximum Gasteiger partial charge on any atom is 0.412 e. The van der Waals surface area contributed by atoms with Gasteiger partial charge in [0.15, 0.2) is 23.1 Å². The number of aromatic nitrogens is 2. The third-order valence-electron chi connectivity index (χ3n) is 2.82. The van der Waals surface area contributed by atoms with Crippen molar-refractivity contribution in [3.05, 3.63) is 30.3 Å². The van der Waals surface area contributed by atoms with Gasteiger partial charge < -0.3 is 19.5 Å². The molecule has 1 amide bonds. The molecule has 0 spiro atoms. The number of carbonyl (C=O) groups excluding carboxylic acids is 1. The first-order chi connectivity index (χ1) is 10.7. The average molecular weight is 302 g/mol. The number of fused-ring (bicyclic) bond motifs is 1. The van der Waals surface area contributed by atoms with Crippen LogP contribution in [-0.4, -0.2) is 29.7 Å². The second kappa shape index (κ2) is 6.17. The number of rotatable bonds is 4. The van der Waals surface area contributed by atoms with E-state index in [1.165, 1.54) is 0 Å². The van der Waals surface area contributed by atoms with Crippen LogP contribution >= 0.6 is 0 Å². The van der Waals surface area contributed by atoms with Crippen LogP contribution < -0.4 is 20.1 Å². The lowest BCUT2D eigenvalue weighted by Crippen LogP contribution is -2.14. The van der Waals surface area contributed by atoms with Gasteiger partial charge >= 0.3 is 6.09 Å². The van der Waals surface area contributed by atoms with Crippen molar-refractivity contribution in [1.82, 2.24) is 10.2 Å². The summed E-state index contributed by atoms with van der Waals surface area (Å²) in [5.74, 6) is 2.24. The molecule has 0 unspecified atom stereocenters. The molecule has 1 aliphatic rings. The Labute approximate surface area is 126 Å².